The van der Waals surface area contributed by atoms with Crippen LogP contribution in [0.2, 0.25) is 5.02 Å². The molecule has 0 spiro atoms. The summed E-state index contributed by atoms with van der Waals surface area (Å²) in [6.45, 7) is 0. The van der Waals surface area contributed by atoms with Gasteiger partial charge in [-0.3, -0.25) is 4.79 Å². The van der Waals surface area contributed by atoms with Crippen LogP contribution in [0.5, 0.6) is 0 Å². The topological polar surface area (TPSA) is 29.1 Å². The van der Waals surface area contributed by atoms with Crippen LogP contribution in [0, 0.1) is 0 Å². The Morgan fingerprint density at radius 3 is 2.63 bits per heavy atom. The molecule has 2 nitrogen and oxygen atoms in total. The summed E-state index contributed by atoms with van der Waals surface area (Å²) in [5.41, 5.74) is 0.692. The Bertz CT molecular complexity index is 795. The van der Waals surface area contributed by atoms with E-state index >= 15 is 0 Å². The molecule has 0 saturated heterocycles. The van der Waals surface area contributed by atoms with E-state index < -0.39 is 0 Å². The average Bonchev–Trinajstić information content (AvgIpc) is 2.43. The molecule has 3 rings (SSSR count). The van der Waals surface area contributed by atoms with Gasteiger partial charge < -0.3 is 5.32 Å². The fourth-order valence-electron chi connectivity index (χ4n) is 2.33. The number of carbonyl (C=O) groups is 1. The summed E-state index contributed by atoms with van der Waals surface area (Å²) >= 11 is 6.01. The number of hydrogen-bond donors (Lipinski definition) is 1. The van der Waals surface area contributed by atoms with Gasteiger partial charge in [0.15, 0.2) is 0 Å². The summed E-state index contributed by atoms with van der Waals surface area (Å²) in [7, 11) is 1.64. The van der Waals surface area contributed by atoms with E-state index in [-0.39, 0.29) is 5.91 Å². The molecule has 0 unspecified atom stereocenters. The number of rotatable bonds is 1. The highest BCUT2D eigenvalue weighted by Crippen LogP contribution is 2.27. The van der Waals surface area contributed by atoms with Crippen molar-refractivity contribution in [2.45, 2.75) is 0 Å². The Labute approximate surface area is 116 Å². The maximum atomic E-state index is 11.9. The molecule has 3 heteroatoms. The Hall–Kier alpha value is -2.06. The number of halogens is 1. The molecule has 0 heterocycles. The third-order valence-electron chi connectivity index (χ3n) is 3.27. The van der Waals surface area contributed by atoms with Crippen molar-refractivity contribution >= 4 is 39.1 Å². The molecule has 0 bridgehead atoms. The van der Waals surface area contributed by atoms with Gasteiger partial charge in [0.1, 0.15) is 0 Å². The van der Waals surface area contributed by atoms with Crippen LogP contribution in [-0.4, -0.2) is 13.0 Å². The third-order valence-corrected chi connectivity index (χ3v) is 3.51. The SMILES string of the molecule is CNC(=O)c1cccc2cc3cc(Cl)ccc3cc12. The number of nitrogens with one attached hydrogen (secondary N) is 1. The first-order valence-electron chi connectivity index (χ1n) is 6.03. The van der Waals surface area contributed by atoms with E-state index in [1.54, 1.807) is 7.05 Å². The first-order chi connectivity index (χ1) is 9.19. The first kappa shape index (κ1) is 12.0. The second-order valence-corrected chi connectivity index (χ2v) is 4.89. The molecular weight excluding hydrogens is 258 g/mol. The molecule has 0 saturated carbocycles. The number of hydrogen-bond acceptors (Lipinski definition) is 1. The summed E-state index contributed by atoms with van der Waals surface area (Å²) in [5.74, 6) is -0.0705. The minimum absolute atomic E-state index is 0.0705. The lowest BCUT2D eigenvalue weighted by atomic mass is 9.99. The number of benzene rings is 3. The van der Waals surface area contributed by atoms with E-state index in [4.69, 9.17) is 11.6 Å². The summed E-state index contributed by atoms with van der Waals surface area (Å²) in [4.78, 5) is 11.9. The van der Waals surface area contributed by atoms with Crippen molar-refractivity contribution in [1.29, 1.82) is 0 Å². The van der Waals surface area contributed by atoms with Crippen molar-refractivity contribution in [3.63, 3.8) is 0 Å². The standard InChI is InChI=1S/C16H12ClNO/c1-18-16(19)14-4-2-3-11-7-12-8-13(17)6-5-10(12)9-15(11)14/h2-9H,1H3,(H,18,19). The van der Waals surface area contributed by atoms with Gasteiger partial charge in [0.25, 0.3) is 5.91 Å². The van der Waals surface area contributed by atoms with E-state index in [1.807, 2.05) is 42.5 Å². The van der Waals surface area contributed by atoms with Gasteiger partial charge in [-0.2, -0.15) is 0 Å². The zero-order valence-electron chi connectivity index (χ0n) is 10.4. The second kappa shape index (κ2) is 4.56. The van der Waals surface area contributed by atoms with E-state index in [0.29, 0.717) is 10.6 Å². The van der Waals surface area contributed by atoms with E-state index in [9.17, 15) is 4.79 Å². The Morgan fingerprint density at radius 1 is 1.00 bits per heavy atom. The third kappa shape index (κ3) is 2.04. The molecule has 19 heavy (non-hydrogen) atoms. The summed E-state index contributed by atoms with van der Waals surface area (Å²) < 4.78 is 0. The van der Waals surface area contributed by atoms with Gasteiger partial charge in [-0.15, -0.1) is 0 Å². The Kier molecular flexibility index (Phi) is 2.88. The van der Waals surface area contributed by atoms with Crippen LogP contribution in [0.25, 0.3) is 21.5 Å². The molecule has 0 aliphatic carbocycles. The summed E-state index contributed by atoms with van der Waals surface area (Å²) in [6, 6.07) is 15.6. The molecule has 3 aromatic rings. The molecule has 0 radical (unpaired) electrons. The van der Waals surface area contributed by atoms with Gasteiger partial charge >= 0.3 is 0 Å². The number of fused-ring (bicyclic) bond motifs is 2. The van der Waals surface area contributed by atoms with Gasteiger partial charge in [-0.25, -0.2) is 0 Å². The largest absolute Gasteiger partial charge is 0.355 e. The van der Waals surface area contributed by atoms with Crippen molar-refractivity contribution in [3.8, 4) is 0 Å². The van der Waals surface area contributed by atoms with Crippen molar-refractivity contribution in [1.82, 2.24) is 5.32 Å². The van der Waals surface area contributed by atoms with E-state index in [2.05, 4.69) is 11.4 Å². The zero-order chi connectivity index (χ0) is 13.4. The van der Waals surface area contributed by atoms with Crippen molar-refractivity contribution in [2.75, 3.05) is 7.05 Å². The average molecular weight is 270 g/mol. The summed E-state index contributed by atoms with van der Waals surface area (Å²) in [5, 5.41) is 7.54. The molecular formula is C16H12ClNO. The minimum atomic E-state index is -0.0705. The number of amides is 1. The van der Waals surface area contributed by atoms with Gasteiger partial charge in [-0.1, -0.05) is 29.8 Å². The van der Waals surface area contributed by atoms with Crippen molar-refractivity contribution in [3.05, 3.63) is 59.1 Å². The molecule has 94 valence electrons. The van der Waals surface area contributed by atoms with E-state index in [1.165, 1.54) is 0 Å². The molecule has 0 atom stereocenters. The second-order valence-electron chi connectivity index (χ2n) is 4.45. The quantitative estimate of drug-likeness (QED) is 0.665. The fourth-order valence-corrected chi connectivity index (χ4v) is 2.51. The van der Waals surface area contributed by atoms with Crippen LogP contribution in [0.3, 0.4) is 0 Å². The van der Waals surface area contributed by atoms with Crippen LogP contribution in [-0.2, 0) is 0 Å². The maximum Gasteiger partial charge on any atom is 0.251 e. The highest BCUT2D eigenvalue weighted by atomic mass is 35.5. The predicted octanol–water partition coefficient (Wildman–Crippen LogP) is 4.01. The number of carbonyl (C=O) groups excluding carboxylic acids is 1. The zero-order valence-corrected chi connectivity index (χ0v) is 11.2. The molecule has 1 amide bonds. The van der Waals surface area contributed by atoms with Crippen LogP contribution in [0.1, 0.15) is 10.4 Å². The van der Waals surface area contributed by atoms with Crippen LogP contribution in [0.15, 0.2) is 48.5 Å². The first-order valence-corrected chi connectivity index (χ1v) is 6.41. The lowest BCUT2D eigenvalue weighted by Gasteiger charge is -2.07. The Balaban J connectivity index is 2.38. The molecule has 0 aliphatic heterocycles. The lowest BCUT2D eigenvalue weighted by molar-refractivity contribution is 0.0965. The fraction of sp³-hybridized carbons (Fsp3) is 0.0625. The van der Waals surface area contributed by atoms with Crippen LogP contribution < -0.4 is 5.32 Å². The molecule has 0 aromatic heterocycles. The molecule has 1 N–H and O–H groups in total. The van der Waals surface area contributed by atoms with Crippen LogP contribution >= 0.6 is 11.6 Å². The van der Waals surface area contributed by atoms with Gasteiger partial charge in [0, 0.05) is 17.6 Å². The maximum absolute atomic E-state index is 11.9. The highest BCUT2D eigenvalue weighted by Gasteiger charge is 2.09. The highest BCUT2D eigenvalue weighted by molar-refractivity contribution is 6.31. The summed E-state index contributed by atoms with van der Waals surface area (Å²) in [6.07, 6.45) is 0. The van der Waals surface area contributed by atoms with E-state index in [0.717, 1.165) is 21.5 Å². The van der Waals surface area contributed by atoms with Gasteiger partial charge in [-0.05, 0) is 51.9 Å². The molecule has 0 aliphatic rings. The minimum Gasteiger partial charge on any atom is -0.355 e. The molecule has 3 aromatic carbocycles. The van der Waals surface area contributed by atoms with Crippen molar-refractivity contribution in [2.24, 2.45) is 0 Å². The van der Waals surface area contributed by atoms with Gasteiger partial charge in [0.2, 0.25) is 0 Å². The normalized spacial score (nSPS) is 10.8. The molecule has 0 fully saturated rings. The van der Waals surface area contributed by atoms with Crippen molar-refractivity contribution < 1.29 is 4.79 Å². The van der Waals surface area contributed by atoms with Gasteiger partial charge in [0.05, 0.1) is 0 Å². The smallest absolute Gasteiger partial charge is 0.251 e. The Morgan fingerprint density at radius 2 is 1.84 bits per heavy atom. The monoisotopic (exact) mass is 269 g/mol. The predicted molar refractivity (Wildman–Crippen MR) is 79.9 cm³/mol. The van der Waals surface area contributed by atoms with Crippen LogP contribution in [0.4, 0.5) is 0 Å². The lowest BCUT2D eigenvalue weighted by Crippen LogP contribution is -2.17.